The maximum absolute atomic E-state index is 3.94. The van der Waals surface area contributed by atoms with Gasteiger partial charge in [-0.25, -0.2) is 0 Å². The third kappa shape index (κ3) is 2.85. The molecule has 1 atom stereocenters. The fourth-order valence-corrected chi connectivity index (χ4v) is 4.64. The molecular weight excluding hydrogens is 250 g/mol. The van der Waals surface area contributed by atoms with Gasteiger partial charge in [0.25, 0.3) is 0 Å². The lowest BCUT2D eigenvalue weighted by molar-refractivity contribution is 0.324. The van der Waals surface area contributed by atoms with E-state index in [4.69, 9.17) is 0 Å². The van der Waals surface area contributed by atoms with E-state index in [1.807, 2.05) is 0 Å². The molecule has 0 amide bonds. The molecule has 1 fully saturated rings. The highest BCUT2D eigenvalue weighted by atomic mass is 32.2. The van der Waals surface area contributed by atoms with Crippen molar-refractivity contribution in [1.29, 1.82) is 0 Å². The summed E-state index contributed by atoms with van der Waals surface area (Å²) in [5.41, 5.74) is 3.46. The quantitative estimate of drug-likeness (QED) is 0.864. The van der Waals surface area contributed by atoms with Crippen LogP contribution in [0.1, 0.15) is 56.7 Å². The number of fused-ring (bicyclic) bond motifs is 1. The summed E-state index contributed by atoms with van der Waals surface area (Å²) in [6.07, 6.45) is 5.26. The van der Waals surface area contributed by atoms with Gasteiger partial charge in [-0.2, -0.15) is 11.8 Å². The van der Waals surface area contributed by atoms with Gasteiger partial charge in [0.1, 0.15) is 0 Å². The summed E-state index contributed by atoms with van der Waals surface area (Å²) in [6.45, 7) is 4.78. The van der Waals surface area contributed by atoms with E-state index in [9.17, 15) is 0 Å². The maximum Gasteiger partial charge on any atom is 0.0325 e. The summed E-state index contributed by atoms with van der Waals surface area (Å²) >= 11 is 2.11. The Balaban J connectivity index is 1.80. The molecule has 2 heteroatoms. The normalized spacial score (nSPS) is 26.9. The van der Waals surface area contributed by atoms with Gasteiger partial charge in [-0.1, -0.05) is 38.1 Å². The van der Waals surface area contributed by atoms with Gasteiger partial charge < -0.3 is 5.32 Å². The molecule has 1 aromatic carbocycles. The molecule has 1 aliphatic heterocycles. The Morgan fingerprint density at radius 2 is 1.84 bits per heavy atom. The summed E-state index contributed by atoms with van der Waals surface area (Å²) in [5, 5.41) is 3.94. The first kappa shape index (κ1) is 13.5. The van der Waals surface area contributed by atoms with Crippen LogP contribution in [-0.4, -0.2) is 17.5 Å². The molecule has 0 aromatic heterocycles. The Morgan fingerprint density at radius 1 is 1.11 bits per heavy atom. The number of hydrogen-bond acceptors (Lipinski definition) is 2. The molecule has 0 spiro atoms. The zero-order valence-electron chi connectivity index (χ0n) is 12.1. The highest BCUT2D eigenvalue weighted by Crippen LogP contribution is 2.41. The first-order valence-corrected chi connectivity index (χ1v) is 8.75. The number of nitrogens with one attached hydrogen (secondary N) is 1. The monoisotopic (exact) mass is 275 g/mol. The highest BCUT2D eigenvalue weighted by molar-refractivity contribution is 7.99. The minimum Gasteiger partial charge on any atom is -0.307 e. The van der Waals surface area contributed by atoms with Crippen molar-refractivity contribution in [3.05, 3.63) is 35.4 Å². The van der Waals surface area contributed by atoms with Gasteiger partial charge >= 0.3 is 0 Å². The summed E-state index contributed by atoms with van der Waals surface area (Å²) in [6, 6.07) is 10.4. The van der Waals surface area contributed by atoms with E-state index in [2.05, 4.69) is 55.2 Å². The minimum atomic E-state index is 0.344. The maximum atomic E-state index is 3.94. The average Bonchev–Trinajstić information content (AvgIpc) is 2.44. The summed E-state index contributed by atoms with van der Waals surface area (Å²) in [4.78, 5) is 0. The fourth-order valence-electron chi connectivity index (χ4n) is 3.53. The van der Waals surface area contributed by atoms with Crippen molar-refractivity contribution >= 4 is 11.8 Å². The van der Waals surface area contributed by atoms with Gasteiger partial charge in [0, 0.05) is 12.1 Å². The van der Waals surface area contributed by atoms with Crippen LogP contribution >= 0.6 is 11.8 Å². The molecule has 0 saturated carbocycles. The molecule has 1 aromatic rings. The van der Waals surface area contributed by atoms with Crippen molar-refractivity contribution in [2.45, 2.75) is 57.0 Å². The molecule has 19 heavy (non-hydrogen) atoms. The Kier molecular flexibility index (Phi) is 3.91. The van der Waals surface area contributed by atoms with Crippen molar-refractivity contribution in [2.75, 3.05) is 11.5 Å². The van der Waals surface area contributed by atoms with Gasteiger partial charge in [0.05, 0.1) is 0 Å². The second kappa shape index (κ2) is 5.49. The zero-order valence-corrected chi connectivity index (χ0v) is 12.9. The first-order chi connectivity index (χ1) is 9.17. The number of rotatable bonds is 2. The Labute approximate surface area is 121 Å². The van der Waals surface area contributed by atoms with Gasteiger partial charge in [0.15, 0.2) is 0 Å². The molecule has 3 rings (SSSR count). The van der Waals surface area contributed by atoms with E-state index in [0.717, 1.165) is 6.04 Å². The van der Waals surface area contributed by atoms with Crippen LogP contribution in [0, 0.1) is 0 Å². The first-order valence-electron chi connectivity index (χ1n) is 7.60. The van der Waals surface area contributed by atoms with Crippen molar-refractivity contribution in [1.82, 2.24) is 5.32 Å². The predicted octanol–water partition coefficient (Wildman–Crippen LogP) is 4.28. The Morgan fingerprint density at radius 3 is 2.63 bits per heavy atom. The van der Waals surface area contributed by atoms with Crippen LogP contribution in [0.25, 0.3) is 0 Å². The molecule has 1 saturated heterocycles. The third-order valence-electron chi connectivity index (χ3n) is 4.78. The van der Waals surface area contributed by atoms with Crippen LogP contribution < -0.4 is 5.32 Å². The zero-order chi connectivity index (χ0) is 13.3. The average molecular weight is 275 g/mol. The molecule has 1 aliphatic carbocycles. The third-order valence-corrected chi connectivity index (χ3v) is 5.83. The second-order valence-corrected chi connectivity index (χ2v) is 7.84. The number of thioether (sulfide) groups is 1. The van der Waals surface area contributed by atoms with Gasteiger partial charge in [0.2, 0.25) is 0 Å². The molecule has 2 aliphatic rings. The van der Waals surface area contributed by atoms with Crippen LogP contribution in [0.2, 0.25) is 0 Å². The van der Waals surface area contributed by atoms with Crippen molar-refractivity contribution in [3.63, 3.8) is 0 Å². The number of benzene rings is 1. The van der Waals surface area contributed by atoms with Crippen LogP contribution in [0.3, 0.4) is 0 Å². The molecule has 104 valence electrons. The van der Waals surface area contributed by atoms with Gasteiger partial charge in [-0.15, -0.1) is 0 Å². The lowest BCUT2D eigenvalue weighted by Gasteiger charge is -2.39. The van der Waals surface area contributed by atoms with E-state index in [1.165, 1.54) is 37.2 Å². The van der Waals surface area contributed by atoms with Gasteiger partial charge in [-0.05, 0) is 53.7 Å². The SMILES string of the molecule is CC1(C)CCC(NC2CCSCC2)c2ccccc21. The van der Waals surface area contributed by atoms with Crippen molar-refractivity contribution < 1.29 is 0 Å². The largest absolute Gasteiger partial charge is 0.307 e. The molecular formula is C17H25NS. The fraction of sp³-hybridized carbons (Fsp3) is 0.647. The van der Waals surface area contributed by atoms with E-state index >= 15 is 0 Å². The number of hydrogen-bond donors (Lipinski definition) is 1. The molecule has 1 unspecified atom stereocenters. The summed E-state index contributed by atoms with van der Waals surface area (Å²) in [5.74, 6) is 2.66. The smallest absolute Gasteiger partial charge is 0.0325 e. The predicted molar refractivity (Wildman–Crippen MR) is 84.9 cm³/mol. The van der Waals surface area contributed by atoms with Crippen molar-refractivity contribution in [2.24, 2.45) is 0 Å². The van der Waals surface area contributed by atoms with E-state index in [0.29, 0.717) is 11.5 Å². The van der Waals surface area contributed by atoms with E-state index in [-0.39, 0.29) is 0 Å². The molecule has 1 nitrogen and oxygen atoms in total. The van der Waals surface area contributed by atoms with Crippen LogP contribution in [0.4, 0.5) is 0 Å². The standard InChI is InChI=1S/C17H25NS/c1-17(2)10-7-16(14-5-3-4-6-15(14)17)18-13-8-11-19-12-9-13/h3-6,13,16,18H,7-12H2,1-2H3. The van der Waals surface area contributed by atoms with Crippen LogP contribution in [0.5, 0.6) is 0 Å². The van der Waals surface area contributed by atoms with E-state index in [1.54, 1.807) is 11.1 Å². The molecule has 1 N–H and O–H groups in total. The molecule has 0 radical (unpaired) electrons. The minimum absolute atomic E-state index is 0.344. The second-order valence-electron chi connectivity index (χ2n) is 6.62. The summed E-state index contributed by atoms with van der Waals surface area (Å²) in [7, 11) is 0. The Hall–Kier alpha value is -0.470. The van der Waals surface area contributed by atoms with Gasteiger partial charge in [-0.3, -0.25) is 0 Å². The van der Waals surface area contributed by atoms with Crippen LogP contribution in [0.15, 0.2) is 24.3 Å². The molecule has 1 heterocycles. The molecule has 0 bridgehead atoms. The van der Waals surface area contributed by atoms with Crippen molar-refractivity contribution in [3.8, 4) is 0 Å². The lowest BCUT2D eigenvalue weighted by Crippen LogP contribution is -2.39. The topological polar surface area (TPSA) is 12.0 Å². The Bertz CT molecular complexity index is 435. The summed E-state index contributed by atoms with van der Waals surface area (Å²) < 4.78 is 0. The lowest BCUT2D eigenvalue weighted by atomic mass is 9.71. The highest BCUT2D eigenvalue weighted by Gasteiger charge is 2.33. The van der Waals surface area contributed by atoms with Crippen LogP contribution in [-0.2, 0) is 5.41 Å². The van der Waals surface area contributed by atoms with E-state index < -0.39 is 0 Å².